The molecule has 100 valence electrons. The maximum Gasteiger partial charge on any atom is 0.122 e. The van der Waals surface area contributed by atoms with E-state index in [0.29, 0.717) is 11.5 Å². The van der Waals surface area contributed by atoms with Gasteiger partial charge in [0, 0.05) is 11.5 Å². The smallest absolute Gasteiger partial charge is 0.122 e. The molecule has 0 aromatic heterocycles. The van der Waals surface area contributed by atoms with Crippen molar-refractivity contribution in [1.82, 2.24) is 0 Å². The van der Waals surface area contributed by atoms with Crippen molar-refractivity contribution in [2.75, 3.05) is 0 Å². The van der Waals surface area contributed by atoms with Crippen LogP contribution in [0.25, 0.3) is 0 Å². The van der Waals surface area contributed by atoms with Crippen LogP contribution in [0.1, 0.15) is 41.5 Å². The molecule has 0 saturated carbocycles. The van der Waals surface area contributed by atoms with E-state index in [0.717, 1.165) is 28.7 Å². The van der Waals surface area contributed by atoms with Gasteiger partial charge in [-0.25, -0.2) is 0 Å². The Balaban J connectivity index is 2.50. The van der Waals surface area contributed by atoms with Crippen LogP contribution < -0.4 is 0 Å². The maximum atomic E-state index is 10.2. The van der Waals surface area contributed by atoms with Crippen molar-refractivity contribution in [1.29, 1.82) is 0 Å². The quantitative estimate of drug-likeness (QED) is 0.861. The third-order valence-electron chi connectivity index (χ3n) is 3.68. The third-order valence-corrected chi connectivity index (χ3v) is 3.68. The average molecular weight is 256 g/mol. The van der Waals surface area contributed by atoms with E-state index in [4.69, 9.17) is 0 Å². The largest absolute Gasteiger partial charge is 0.508 e. The molecule has 0 saturated heterocycles. The van der Waals surface area contributed by atoms with Gasteiger partial charge in [0.2, 0.25) is 0 Å². The highest BCUT2D eigenvalue weighted by atomic mass is 16.3. The van der Waals surface area contributed by atoms with E-state index >= 15 is 0 Å². The highest BCUT2D eigenvalue weighted by Crippen LogP contribution is 2.36. The van der Waals surface area contributed by atoms with Crippen LogP contribution >= 0.6 is 0 Å². The minimum Gasteiger partial charge on any atom is -0.508 e. The zero-order chi connectivity index (χ0) is 14.0. The van der Waals surface area contributed by atoms with Crippen LogP contribution in [0, 0.1) is 13.8 Å². The second kappa shape index (κ2) is 5.35. The van der Waals surface area contributed by atoms with E-state index in [-0.39, 0.29) is 5.92 Å². The number of hydrogen-bond donors (Lipinski definition) is 2. The van der Waals surface area contributed by atoms with Crippen LogP contribution in [0.2, 0.25) is 0 Å². The minimum atomic E-state index is 0.152. The molecule has 2 nitrogen and oxygen atoms in total. The predicted octanol–water partition coefficient (Wildman–Crippen LogP) is 4.26. The zero-order valence-electron chi connectivity index (χ0n) is 11.6. The van der Waals surface area contributed by atoms with Crippen molar-refractivity contribution in [2.45, 2.75) is 33.1 Å². The van der Waals surface area contributed by atoms with Gasteiger partial charge in [-0.1, -0.05) is 37.3 Å². The number of phenolic OH excluding ortho intramolecular Hbond substituents is 2. The Morgan fingerprint density at radius 1 is 1.00 bits per heavy atom. The number of aryl methyl sites for hydroxylation is 2. The van der Waals surface area contributed by atoms with Gasteiger partial charge in [-0.05, 0) is 43.0 Å². The van der Waals surface area contributed by atoms with E-state index in [1.807, 2.05) is 44.2 Å². The first-order chi connectivity index (χ1) is 9.04. The molecule has 1 atom stereocenters. The molecule has 2 aromatic carbocycles. The van der Waals surface area contributed by atoms with Gasteiger partial charge in [-0.2, -0.15) is 0 Å². The first kappa shape index (κ1) is 13.5. The number of benzene rings is 2. The van der Waals surface area contributed by atoms with Crippen LogP contribution in [-0.4, -0.2) is 10.2 Å². The van der Waals surface area contributed by atoms with Crippen LogP contribution in [0.4, 0.5) is 0 Å². The van der Waals surface area contributed by atoms with Crippen molar-refractivity contribution in [3.63, 3.8) is 0 Å². The summed E-state index contributed by atoms with van der Waals surface area (Å²) in [6, 6.07) is 11.5. The Kier molecular flexibility index (Phi) is 3.79. The maximum absolute atomic E-state index is 10.2. The van der Waals surface area contributed by atoms with E-state index in [2.05, 4.69) is 6.92 Å². The Hall–Kier alpha value is -1.96. The SMILES string of the molecule is CCC(c1ccc(O)c(C)c1)c1cccc(C)c1O. The number of rotatable bonds is 3. The number of aromatic hydroxyl groups is 2. The van der Waals surface area contributed by atoms with Crippen molar-refractivity contribution in [3.05, 3.63) is 58.7 Å². The van der Waals surface area contributed by atoms with Gasteiger partial charge in [0.05, 0.1) is 0 Å². The van der Waals surface area contributed by atoms with E-state index < -0.39 is 0 Å². The first-order valence-corrected chi connectivity index (χ1v) is 6.62. The first-order valence-electron chi connectivity index (χ1n) is 6.62. The molecule has 2 aromatic rings. The van der Waals surface area contributed by atoms with E-state index in [1.165, 1.54) is 0 Å². The monoisotopic (exact) mass is 256 g/mol. The fourth-order valence-electron chi connectivity index (χ4n) is 2.49. The van der Waals surface area contributed by atoms with Crippen molar-refractivity contribution >= 4 is 0 Å². The summed E-state index contributed by atoms with van der Waals surface area (Å²) < 4.78 is 0. The summed E-state index contributed by atoms with van der Waals surface area (Å²) in [7, 11) is 0. The predicted molar refractivity (Wildman–Crippen MR) is 77.8 cm³/mol. The molecular formula is C17H20O2. The van der Waals surface area contributed by atoms with Crippen molar-refractivity contribution in [2.24, 2.45) is 0 Å². The van der Waals surface area contributed by atoms with E-state index in [9.17, 15) is 10.2 Å². The standard InChI is InChI=1S/C17H20O2/c1-4-14(13-8-9-16(18)12(3)10-13)15-7-5-6-11(2)17(15)19/h5-10,14,18-19H,4H2,1-3H3. The lowest BCUT2D eigenvalue weighted by atomic mass is 9.87. The lowest BCUT2D eigenvalue weighted by molar-refractivity contribution is 0.459. The van der Waals surface area contributed by atoms with Crippen LogP contribution in [0.3, 0.4) is 0 Å². The molecule has 0 fully saturated rings. The Labute approximate surface area is 114 Å². The molecule has 0 bridgehead atoms. The molecule has 2 rings (SSSR count). The van der Waals surface area contributed by atoms with Gasteiger partial charge in [0.15, 0.2) is 0 Å². The summed E-state index contributed by atoms with van der Waals surface area (Å²) in [5, 5.41) is 19.9. The third kappa shape index (κ3) is 2.58. The van der Waals surface area contributed by atoms with Gasteiger partial charge in [0.1, 0.15) is 11.5 Å². The van der Waals surface area contributed by atoms with Crippen LogP contribution in [0.5, 0.6) is 11.5 Å². The molecule has 0 aliphatic carbocycles. The minimum absolute atomic E-state index is 0.152. The van der Waals surface area contributed by atoms with E-state index in [1.54, 1.807) is 6.07 Å². The summed E-state index contributed by atoms with van der Waals surface area (Å²) in [6.07, 6.45) is 0.904. The highest BCUT2D eigenvalue weighted by molar-refractivity contribution is 5.47. The van der Waals surface area contributed by atoms with Gasteiger partial charge in [-0.3, -0.25) is 0 Å². The Morgan fingerprint density at radius 3 is 2.37 bits per heavy atom. The molecule has 2 N–H and O–H groups in total. The normalized spacial score (nSPS) is 12.4. The second-order valence-electron chi connectivity index (χ2n) is 5.02. The fourth-order valence-corrected chi connectivity index (χ4v) is 2.49. The molecule has 0 radical (unpaired) electrons. The Bertz CT molecular complexity index is 588. The van der Waals surface area contributed by atoms with Gasteiger partial charge in [-0.15, -0.1) is 0 Å². The van der Waals surface area contributed by atoms with Crippen LogP contribution in [0.15, 0.2) is 36.4 Å². The zero-order valence-corrected chi connectivity index (χ0v) is 11.6. The molecular weight excluding hydrogens is 236 g/mol. The average Bonchev–Trinajstić information content (AvgIpc) is 2.39. The number of para-hydroxylation sites is 1. The number of phenols is 2. The molecule has 0 spiro atoms. The van der Waals surface area contributed by atoms with Crippen molar-refractivity contribution < 1.29 is 10.2 Å². The molecule has 2 heteroatoms. The molecule has 0 amide bonds. The van der Waals surface area contributed by atoms with Gasteiger partial charge in [0.25, 0.3) is 0 Å². The van der Waals surface area contributed by atoms with Crippen molar-refractivity contribution in [3.8, 4) is 11.5 Å². The van der Waals surface area contributed by atoms with Crippen LogP contribution in [-0.2, 0) is 0 Å². The molecule has 19 heavy (non-hydrogen) atoms. The second-order valence-corrected chi connectivity index (χ2v) is 5.02. The molecule has 1 unspecified atom stereocenters. The summed E-state index contributed by atoms with van der Waals surface area (Å²) in [4.78, 5) is 0. The Morgan fingerprint density at radius 2 is 1.74 bits per heavy atom. The number of hydrogen-bond acceptors (Lipinski definition) is 2. The van der Waals surface area contributed by atoms with Gasteiger partial charge < -0.3 is 10.2 Å². The lowest BCUT2D eigenvalue weighted by Gasteiger charge is -2.19. The lowest BCUT2D eigenvalue weighted by Crippen LogP contribution is -2.01. The fraction of sp³-hybridized carbons (Fsp3) is 0.294. The molecule has 0 aliphatic rings. The summed E-state index contributed by atoms with van der Waals surface area (Å²) in [6.45, 7) is 5.91. The highest BCUT2D eigenvalue weighted by Gasteiger charge is 2.17. The summed E-state index contributed by atoms with van der Waals surface area (Å²) in [5.74, 6) is 0.839. The molecule has 0 heterocycles. The topological polar surface area (TPSA) is 40.5 Å². The van der Waals surface area contributed by atoms with Gasteiger partial charge >= 0.3 is 0 Å². The summed E-state index contributed by atoms with van der Waals surface area (Å²) >= 11 is 0. The molecule has 0 aliphatic heterocycles. The summed E-state index contributed by atoms with van der Waals surface area (Å²) in [5.41, 5.74) is 3.83.